The second-order valence-corrected chi connectivity index (χ2v) is 2.72. The second kappa shape index (κ2) is 3.45. The van der Waals surface area contributed by atoms with Crippen molar-refractivity contribution in [1.82, 2.24) is 15.4 Å². The Bertz CT molecular complexity index is 464. The van der Waals surface area contributed by atoms with Crippen LogP contribution in [0.3, 0.4) is 0 Å². The first kappa shape index (κ1) is 8.68. The molecule has 0 aliphatic rings. The van der Waals surface area contributed by atoms with Crippen LogP contribution in [0.25, 0.3) is 11.0 Å². The molecule has 0 radical (unpaired) electrons. The molecule has 1 heterocycles. The summed E-state index contributed by atoms with van der Waals surface area (Å²) in [6.07, 6.45) is 0. The minimum Gasteiger partial charge on any atom is -0.462 e. The van der Waals surface area contributed by atoms with Crippen LogP contribution in [-0.2, 0) is 4.74 Å². The molecule has 0 saturated heterocycles. The van der Waals surface area contributed by atoms with E-state index < -0.39 is 0 Å². The number of esters is 1. The van der Waals surface area contributed by atoms with E-state index in [-0.39, 0.29) is 5.97 Å². The van der Waals surface area contributed by atoms with Gasteiger partial charge < -0.3 is 4.74 Å². The van der Waals surface area contributed by atoms with Gasteiger partial charge in [-0.25, -0.2) is 4.79 Å². The molecule has 72 valence electrons. The summed E-state index contributed by atoms with van der Waals surface area (Å²) in [7, 11) is 0. The number of aromatic amines is 1. The smallest absolute Gasteiger partial charge is 0.340 e. The molecular formula is C9H9N3O2. The van der Waals surface area contributed by atoms with Gasteiger partial charge in [-0.3, -0.25) is 0 Å². The lowest BCUT2D eigenvalue weighted by atomic mass is 10.2. The van der Waals surface area contributed by atoms with E-state index in [0.29, 0.717) is 23.2 Å². The topological polar surface area (TPSA) is 67.9 Å². The number of carbonyl (C=O) groups excluding carboxylic acids is 1. The largest absolute Gasteiger partial charge is 0.462 e. The van der Waals surface area contributed by atoms with Crippen molar-refractivity contribution in [2.24, 2.45) is 0 Å². The maximum absolute atomic E-state index is 11.5. The third-order valence-corrected chi connectivity index (χ3v) is 1.84. The summed E-state index contributed by atoms with van der Waals surface area (Å²) in [5.74, 6) is -0.369. The first-order valence-electron chi connectivity index (χ1n) is 4.29. The van der Waals surface area contributed by atoms with Crippen LogP contribution in [0.4, 0.5) is 0 Å². The molecule has 5 heteroatoms. The van der Waals surface area contributed by atoms with Crippen molar-refractivity contribution in [3.05, 3.63) is 23.8 Å². The minimum atomic E-state index is -0.369. The molecule has 0 spiro atoms. The van der Waals surface area contributed by atoms with Crippen molar-refractivity contribution in [2.45, 2.75) is 6.92 Å². The SMILES string of the molecule is CCOC(=O)c1cccc2n[nH]nc12. The maximum atomic E-state index is 11.5. The highest BCUT2D eigenvalue weighted by Crippen LogP contribution is 2.14. The first-order valence-corrected chi connectivity index (χ1v) is 4.29. The van der Waals surface area contributed by atoms with E-state index in [1.165, 1.54) is 0 Å². The Hall–Kier alpha value is -1.91. The number of rotatable bonds is 2. The zero-order valence-corrected chi connectivity index (χ0v) is 7.65. The lowest BCUT2D eigenvalue weighted by molar-refractivity contribution is 0.0528. The Morgan fingerprint density at radius 2 is 2.36 bits per heavy atom. The summed E-state index contributed by atoms with van der Waals surface area (Å²) in [5.41, 5.74) is 1.65. The number of carbonyl (C=O) groups is 1. The fraction of sp³-hybridized carbons (Fsp3) is 0.222. The van der Waals surface area contributed by atoms with Gasteiger partial charge in [0.05, 0.1) is 12.2 Å². The van der Waals surface area contributed by atoms with Gasteiger partial charge in [-0.15, -0.1) is 0 Å². The zero-order valence-electron chi connectivity index (χ0n) is 7.65. The molecule has 1 aromatic heterocycles. The van der Waals surface area contributed by atoms with Gasteiger partial charge >= 0.3 is 5.97 Å². The summed E-state index contributed by atoms with van der Waals surface area (Å²) in [6, 6.07) is 5.20. The summed E-state index contributed by atoms with van der Waals surface area (Å²) in [5, 5.41) is 10.2. The van der Waals surface area contributed by atoms with E-state index in [0.717, 1.165) is 0 Å². The second-order valence-electron chi connectivity index (χ2n) is 2.72. The lowest BCUT2D eigenvalue weighted by Gasteiger charge is -2.00. The van der Waals surface area contributed by atoms with Crippen molar-refractivity contribution >= 4 is 17.0 Å². The molecule has 1 N–H and O–H groups in total. The minimum absolute atomic E-state index is 0.354. The predicted molar refractivity (Wildman–Crippen MR) is 49.8 cm³/mol. The third kappa shape index (κ3) is 1.32. The standard InChI is InChI=1S/C9H9N3O2/c1-2-14-9(13)6-4-3-5-7-8(6)11-12-10-7/h3-5H,2H2,1H3,(H,10,11,12). The van der Waals surface area contributed by atoms with Crippen LogP contribution in [0, 0.1) is 0 Å². The van der Waals surface area contributed by atoms with E-state index in [9.17, 15) is 4.79 Å². The molecule has 0 aliphatic heterocycles. The van der Waals surface area contributed by atoms with Crippen molar-refractivity contribution < 1.29 is 9.53 Å². The van der Waals surface area contributed by atoms with Crippen molar-refractivity contribution in [1.29, 1.82) is 0 Å². The van der Waals surface area contributed by atoms with Gasteiger partial charge in [0.2, 0.25) is 0 Å². The van der Waals surface area contributed by atoms with Crippen LogP contribution in [0.1, 0.15) is 17.3 Å². The van der Waals surface area contributed by atoms with Crippen molar-refractivity contribution in [2.75, 3.05) is 6.61 Å². The van der Waals surface area contributed by atoms with Crippen LogP contribution in [-0.4, -0.2) is 28.0 Å². The molecule has 1 aromatic carbocycles. The molecule has 0 saturated carbocycles. The number of fused-ring (bicyclic) bond motifs is 1. The zero-order chi connectivity index (χ0) is 9.97. The fourth-order valence-corrected chi connectivity index (χ4v) is 1.24. The first-order chi connectivity index (χ1) is 6.83. The molecule has 0 amide bonds. The molecule has 0 atom stereocenters. The van der Waals surface area contributed by atoms with E-state index >= 15 is 0 Å². The lowest BCUT2D eigenvalue weighted by Crippen LogP contribution is -2.05. The van der Waals surface area contributed by atoms with Gasteiger partial charge in [0, 0.05) is 0 Å². The fourth-order valence-electron chi connectivity index (χ4n) is 1.24. The maximum Gasteiger partial charge on any atom is 0.340 e. The molecule has 0 aliphatic carbocycles. The molecular weight excluding hydrogens is 182 g/mol. The van der Waals surface area contributed by atoms with Crippen LogP contribution >= 0.6 is 0 Å². The number of ether oxygens (including phenoxy) is 1. The van der Waals surface area contributed by atoms with Gasteiger partial charge in [-0.05, 0) is 19.1 Å². The van der Waals surface area contributed by atoms with Crippen molar-refractivity contribution in [3.8, 4) is 0 Å². The Morgan fingerprint density at radius 3 is 3.14 bits per heavy atom. The average Bonchev–Trinajstić information content (AvgIpc) is 2.65. The average molecular weight is 191 g/mol. The van der Waals surface area contributed by atoms with E-state index in [4.69, 9.17) is 4.74 Å². The predicted octanol–water partition coefficient (Wildman–Crippen LogP) is 1.13. The van der Waals surface area contributed by atoms with Crippen LogP contribution in [0.15, 0.2) is 18.2 Å². The third-order valence-electron chi connectivity index (χ3n) is 1.84. The highest BCUT2D eigenvalue weighted by Gasteiger charge is 2.12. The molecule has 14 heavy (non-hydrogen) atoms. The van der Waals surface area contributed by atoms with Gasteiger partial charge in [-0.2, -0.15) is 15.4 Å². The van der Waals surface area contributed by atoms with E-state index in [1.807, 2.05) is 0 Å². The van der Waals surface area contributed by atoms with E-state index in [2.05, 4.69) is 15.4 Å². The molecule has 0 fully saturated rings. The molecule has 0 bridgehead atoms. The normalized spacial score (nSPS) is 10.4. The van der Waals surface area contributed by atoms with E-state index in [1.54, 1.807) is 25.1 Å². The Morgan fingerprint density at radius 1 is 1.50 bits per heavy atom. The monoisotopic (exact) mass is 191 g/mol. The number of hydrogen-bond donors (Lipinski definition) is 1. The number of nitrogens with zero attached hydrogens (tertiary/aromatic N) is 2. The van der Waals surface area contributed by atoms with Crippen LogP contribution in [0.5, 0.6) is 0 Å². The van der Waals surface area contributed by atoms with Crippen LogP contribution in [0.2, 0.25) is 0 Å². The Kier molecular flexibility index (Phi) is 2.14. The quantitative estimate of drug-likeness (QED) is 0.722. The van der Waals surface area contributed by atoms with Gasteiger partial charge in [0.15, 0.2) is 0 Å². The van der Waals surface area contributed by atoms with Gasteiger partial charge in [-0.1, -0.05) is 6.07 Å². The number of benzene rings is 1. The number of para-hydroxylation sites is 1. The summed E-state index contributed by atoms with van der Waals surface area (Å²) < 4.78 is 4.88. The highest BCUT2D eigenvalue weighted by molar-refractivity contribution is 6.01. The number of nitrogens with one attached hydrogen (secondary N) is 1. The summed E-state index contributed by atoms with van der Waals surface area (Å²) in [4.78, 5) is 11.5. The Balaban J connectivity index is 2.50. The Labute approximate surface area is 80.1 Å². The number of H-pyrrole nitrogens is 1. The number of aromatic nitrogens is 3. The molecule has 5 nitrogen and oxygen atoms in total. The summed E-state index contributed by atoms with van der Waals surface area (Å²) >= 11 is 0. The van der Waals surface area contributed by atoms with Gasteiger partial charge in [0.1, 0.15) is 11.0 Å². The molecule has 0 unspecified atom stereocenters. The van der Waals surface area contributed by atoms with Crippen LogP contribution < -0.4 is 0 Å². The summed E-state index contributed by atoms with van der Waals surface area (Å²) in [6.45, 7) is 2.12. The highest BCUT2D eigenvalue weighted by atomic mass is 16.5. The molecule has 2 aromatic rings. The molecule has 2 rings (SSSR count). The van der Waals surface area contributed by atoms with Gasteiger partial charge in [0.25, 0.3) is 0 Å². The van der Waals surface area contributed by atoms with Crippen molar-refractivity contribution in [3.63, 3.8) is 0 Å². The number of hydrogen-bond acceptors (Lipinski definition) is 4.